The zero-order chi connectivity index (χ0) is 11.0. The molecule has 1 aliphatic heterocycles. The van der Waals surface area contributed by atoms with Gasteiger partial charge in [-0.05, 0) is 18.8 Å². The van der Waals surface area contributed by atoms with E-state index in [2.05, 4.69) is 12.2 Å². The Balaban J connectivity index is 1.80. The molecular weight excluding hydrogens is 196 g/mol. The molecule has 2 amide bonds. The molecule has 3 atom stereocenters. The van der Waals surface area contributed by atoms with Gasteiger partial charge in [0.1, 0.15) is 0 Å². The molecule has 2 rings (SSSR count). The van der Waals surface area contributed by atoms with Crippen LogP contribution in [0.4, 0.5) is 4.79 Å². The first kappa shape index (κ1) is 10.3. The molecule has 5 heteroatoms. The smallest absolute Gasteiger partial charge is 0.317 e. The second kappa shape index (κ2) is 3.72. The molecule has 15 heavy (non-hydrogen) atoms. The minimum absolute atomic E-state index is 0.104. The highest BCUT2D eigenvalue weighted by Gasteiger charge is 2.37. The molecule has 2 N–H and O–H groups in total. The largest absolute Gasteiger partial charge is 0.481 e. The molecule has 0 aromatic rings. The van der Waals surface area contributed by atoms with Gasteiger partial charge in [-0.15, -0.1) is 0 Å². The second-order valence-corrected chi connectivity index (χ2v) is 4.54. The number of hydrogen-bond donors (Lipinski definition) is 2. The minimum atomic E-state index is -0.801. The van der Waals surface area contributed by atoms with Crippen LogP contribution >= 0.6 is 0 Å². The molecule has 1 saturated heterocycles. The second-order valence-electron chi connectivity index (χ2n) is 4.54. The quantitative estimate of drug-likeness (QED) is 0.700. The lowest BCUT2D eigenvalue weighted by atomic mass is 10.1. The maximum absolute atomic E-state index is 11.6. The number of amides is 2. The van der Waals surface area contributed by atoms with Crippen molar-refractivity contribution in [3.63, 3.8) is 0 Å². The van der Waals surface area contributed by atoms with E-state index in [1.165, 1.54) is 0 Å². The Bertz CT molecular complexity index is 292. The Hall–Kier alpha value is -1.26. The standard InChI is InChI=1S/C10H16N2O3/c1-6-4-8(6)11-10(15)12-3-2-7(5-12)9(13)14/h6-8H,2-5H2,1H3,(H,11,15)(H,13,14). The van der Waals surface area contributed by atoms with Gasteiger partial charge in [-0.2, -0.15) is 0 Å². The average Bonchev–Trinajstić information content (AvgIpc) is 2.71. The number of urea groups is 1. The topological polar surface area (TPSA) is 69.6 Å². The highest BCUT2D eigenvalue weighted by molar-refractivity contribution is 5.77. The van der Waals surface area contributed by atoms with Gasteiger partial charge in [0.15, 0.2) is 0 Å². The van der Waals surface area contributed by atoms with Gasteiger partial charge in [-0.25, -0.2) is 4.79 Å². The fourth-order valence-electron chi connectivity index (χ4n) is 1.92. The number of aliphatic carboxylic acids is 1. The Morgan fingerprint density at radius 2 is 2.13 bits per heavy atom. The van der Waals surface area contributed by atoms with Gasteiger partial charge >= 0.3 is 12.0 Å². The fourth-order valence-corrected chi connectivity index (χ4v) is 1.92. The van der Waals surface area contributed by atoms with Crippen molar-refractivity contribution in [3.05, 3.63) is 0 Å². The number of carboxylic acid groups (broad SMARTS) is 1. The summed E-state index contributed by atoms with van der Waals surface area (Å²) < 4.78 is 0. The van der Waals surface area contributed by atoms with Gasteiger partial charge in [0.2, 0.25) is 0 Å². The van der Waals surface area contributed by atoms with E-state index in [9.17, 15) is 9.59 Å². The van der Waals surface area contributed by atoms with E-state index in [0.717, 1.165) is 6.42 Å². The molecule has 5 nitrogen and oxygen atoms in total. The average molecular weight is 212 g/mol. The van der Waals surface area contributed by atoms with Crippen LogP contribution in [0.1, 0.15) is 19.8 Å². The molecule has 0 bridgehead atoms. The van der Waals surface area contributed by atoms with Crippen molar-refractivity contribution < 1.29 is 14.7 Å². The highest BCUT2D eigenvalue weighted by Crippen LogP contribution is 2.29. The van der Waals surface area contributed by atoms with Crippen molar-refractivity contribution in [2.45, 2.75) is 25.8 Å². The maximum atomic E-state index is 11.6. The van der Waals surface area contributed by atoms with Crippen LogP contribution in [0.3, 0.4) is 0 Å². The molecule has 0 aromatic carbocycles. The number of hydrogen-bond acceptors (Lipinski definition) is 2. The first-order valence-corrected chi connectivity index (χ1v) is 5.36. The summed E-state index contributed by atoms with van der Waals surface area (Å²) in [7, 11) is 0. The van der Waals surface area contributed by atoms with E-state index >= 15 is 0 Å². The zero-order valence-electron chi connectivity index (χ0n) is 8.77. The van der Waals surface area contributed by atoms with Crippen LogP contribution in [0.2, 0.25) is 0 Å². The molecule has 1 saturated carbocycles. The molecule has 0 spiro atoms. The number of nitrogens with zero attached hydrogens (tertiary/aromatic N) is 1. The Morgan fingerprint density at radius 3 is 2.60 bits per heavy atom. The Morgan fingerprint density at radius 1 is 1.47 bits per heavy atom. The molecular formula is C10H16N2O3. The summed E-state index contributed by atoms with van der Waals surface area (Å²) in [4.78, 5) is 23.9. The SMILES string of the molecule is CC1CC1NC(=O)N1CCC(C(=O)O)C1. The number of likely N-dealkylation sites (tertiary alicyclic amines) is 1. The van der Waals surface area contributed by atoms with Crippen LogP contribution in [0.25, 0.3) is 0 Å². The lowest BCUT2D eigenvalue weighted by Crippen LogP contribution is -2.40. The van der Waals surface area contributed by atoms with Crippen molar-refractivity contribution >= 4 is 12.0 Å². The third-order valence-electron chi connectivity index (χ3n) is 3.24. The van der Waals surface area contributed by atoms with E-state index in [0.29, 0.717) is 31.5 Å². The first-order valence-electron chi connectivity index (χ1n) is 5.36. The van der Waals surface area contributed by atoms with Crippen LogP contribution in [0.5, 0.6) is 0 Å². The van der Waals surface area contributed by atoms with Crippen molar-refractivity contribution in [1.82, 2.24) is 10.2 Å². The van der Waals surface area contributed by atoms with Gasteiger partial charge in [0.25, 0.3) is 0 Å². The normalized spacial score (nSPS) is 33.9. The van der Waals surface area contributed by atoms with Crippen LogP contribution in [-0.2, 0) is 4.79 Å². The Labute approximate surface area is 88.4 Å². The number of carbonyl (C=O) groups excluding carboxylic acids is 1. The van der Waals surface area contributed by atoms with Gasteiger partial charge < -0.3 is 15.3 Å². The van der Waals surface area contributed by atoms with Crippen molar-refractivity contribution in [3.8, 4) is 0 Å². The predicted octanol–water partition coefficient (Wildman–Crippen LogP) is 0.511. The third kappa shape index (κ3) is 2.22. The lowest BCUT2D eigenvalue weighted by Gasteiger charge is -2.16. The summed E-state index contributed by atoms with van der Waals surface area (Å²) in [6.07, 6.45) is 1.62. The predicted molar refractivity (Wildman–Crippen MR) is 53.4 cm³/mol. The lowest BCUT2D eigenvalue weighted by molar-refractivity contribution is -0.141. The monoisotopic (exact) mass is 212 g/mol. The number of rotatable bonds is 2. The highest BCUT2D eigenvalue weighted by atomic mass is 16.4. The van der Waals surface area contributed by atoms with E-state index < -0.39 is 5.97 Å². The van der Waals surface area contributed by atoms with Gasteiger partial charge in [0, 0.05) is 19.1 Å². The molecule has 1 heterocycles. The molecule has 1 aliphatic carbocycles. The number of carboxylic acids is 1. The number of nitrogens with one attached hydrogen (secondary N) is 1. The third-order valence-corrected chi connectivity index (χ3v) is 3.24. The van der Waals surface area contributed by atoms with E-state index in [1.54, 1.807) is 4.90 Å². The molecule has 3 unspecified atom stereocenters. The summed E-state index contributed by atoms with van der Waals surface area (Å²) in [6.45, 7) is 3.00. The summed E-state index contributed by atoms with van der Waals surface area (Å²) in [6, 6.07) is 0.203. The summed E-state index contributed by atoms with van der Waals surface area (Å²) in [5, 5.41) is 11.7. The first-order chi connectivity index (χ1) is 7.08. The summed E-state index contributed by atoms with van der Waals surface area (Å²) >= 11 is 0. The van der Waals surface area contributed by atoms with Crippen LogP contribution in [0, 0.1) is 11.8 Å². The minimum Gasteiger partial charge on any atom is -0.481 e. The summed E-state index contributed by atoms with van der Waals surface area (Å²) in [5.41, 5.74) is 0. The van der Waals surface area contributed by atoms with Crippen LogP contribution in [-0.4, -0.2) is 41.1 Å². The molecule has 2 aliphatic rings. The van der Waals surface area contributed by atoms with Gasteiger partial charge in [0.05, 0.1) is 5.92 Å². The molecule has 2 fully saturated rings. The van der Waals surface area contributed by atoms with Gasteiger partial charge in [-0.1, -0.05) is 6.92 Å². The fraction of sp³-hybridized carbons (Fsp3) is 0.800. The number of carbonyl (C=O) groups is 2. The van der Waals surface area contributed by atoms with Crippen molar-refractivity contribution in [2.75, 3.05) is 13.1 Å². The van der Waals surface area contributed by atoms with Crippen molar-refractivity contribution in [2.24, 2.45) is 11.8 Å². The molecule has 0 radical (unpaired) electrons. The molecule has 0 aromatic heterocycles. The Kier molecular flexibility index (Phi) is 2.54. The van der Waals surface area contributed by atoms with E-state index in [-0.39, 0.29) is 11.9 Å². The van der Waals surface area contributed by atoms with Crippen molar-refractivity contribution in [1.29, 1.82) is 0 Å². The maximum Gasteiger partial charge on any atom is 0.317 e. The van der Waals surface area contributed by atoms with Crippen LogP contribution < -0.4 is 5.32 Å². The zero-order valence-corrected chi connectivity index (χ0v) is 8.77. The molecule has 84 valence electrons. The van der Waals surface area contributed by atoms with E-state index in [1.807, 2.05) is 0 Å². The van der Waals surface area contributed by atoms with Crippen LogP contribution in [0.15, 0.2) is 0 Å². The van der Waals surface area contributed by atoms with E-state index in [4.69, 9.17) is 5.11 Å². The van der Waals surface area contributed by atoms with Gasteiger partial charge in [-0.3, -0.25) is 4.79 Å². The summed E-state index contributed by atoms with van der Waals surface area (Å²) in [5.74, 6) is -0.607.